The number of nitrogens with one attached hydrogen (secondary N) is 1. The number of sulfonamides is 1. The van der Waals surface area contributed by atoms with E-state index in [4.69, 9.17) is 5.73 Å². The third kappa shape index (κ3) is 3.33. The summed E-state index contributed by atoms with van der Waals surface area (Å²) < 4.78 is 28.0. The number of hydrogen-bond donors (Lipinski definition) is 2. The SMILES string of the molecule is Cc1cc(C)c(S(=O)(=O)NC(C)C(C)(C)C)c(C)c1N. The standard InChI is InChI=1S/C15H26N2O2S/c1-9-8-10(2)14(11(3)13(9)16)20(18,19)17-12(4)15(5,6)7/h8,12,17H,16H2,1-7H3. The summed E-state index contributed by atoms with van der Waals surface area (Å²) >= 11 is 0. The van der Waals surface area contributed by atoms with Gasteiger partial charge in [0.25, 0.3) is 0 Å². The third-order valence-electron chi connectivity index (χ3n) is 3.86. The molecule has 0 aromatic heterocycles. The summed E-state index contributed by atoms with van der Waals surface area (Å²) in [5, 5.41) is 0. The molecule has 0 heterocycles. The molecule has 1 aromatic rings. The number of nitrogen functional groups attached to an aromatic ring is 1. The number of hydrogen-bond acceptors (Lipinski definition) is 3. The molecule has 0 fully saturated rings. The van der Waals surface area contributed by atoms with Gasteiger partial charge in [-0.05, 0) is 49.8 Å². The van der Waals surface area contributed by atoms with Crippen molar-refractivity contribution in [3.05, 3.63) is 22.8 Å². The van der Waals surface area contributed by atoms with Gasteiger partial charge < -0.3 is 5.73 Å². The molecule has 0 amide bonds. The van der Waals surface area contributed by atoms with Gasteiger partial charge in [-0.15, -0.1) is 0 Å². The Kier molecular flexibility index (Phi) is 4.56. The second-order valence-corrected chi connectivity index (χ2v) is 8.24. The lowest BCUT2D eigenvalue weighted by Gasteiger charge is -2.28. The van der Waals surface area contributed by atoms with Crippen molar-refractivity contribution >= 4 is 15.7 Å². The van der Waals surface area contributed by atoms with E-state index < -0.39 is 10.0 Å². The van der Waals surface area contributed by atoms with Crippen LogP contribution in [0.15, 0.2) is 11.0 Å². The maximum Gasteiger partial charge on any atom is 0.241 e. The van der Waals surface area contributed by atoms with Crippen LogP contribution in [0.2, 0.25) is 0 Å². The Morgan fingerprint density at radius 1 is 1.15 bits per heavy atom. The Balaban J connectivity index is 3.35. The summed E-state index contributed by atoms with van der Waals surface area (Å²) in [6.45, 7) is 13.3. The van der Waals surface area contributed by atoms with Gasteiger partial charge in [0.1, 0.15) is 0 Å². The first-order valence-electron chi connectivity index (χ1n) is 6.76. The molecule has 4 nitrogen and oxygen atoms in total. The van der Waals surface area contributed by atoms with E-state index in [0.717, 1.165) is 11.1 Å². The van der Waals surface area contributed by atoms with Crippen molar-refractivity contribution in [2.24, 2.45) is 5.41 Å². The first kappa shape index (κ1) is 17.0. The van der Waals surface area contributed by atoms with Crippen molar-refractivity contribution in [2.75, 3.05) is 5.73 Å². The molecule has 114 valence electrons. The molecule has 3 N–H and O–H groups in total. The normalized spacial score (nSPS) is 14.3. The Hall–Kier alpha value is -1.07. The van der Waals surface area contributed by atoms with Crippen molar-refractivity contribution in [1.29, 1.82) is 0 Å². The van der Waals surface area contributed by atoms with Crippen LogP contribution in [-0.4, -0.2) is 14.5 Å². The second kappa shape index (κ2) is 5.37. The molecule has 5 heteroatoms. The number of aryl methyl sites for hydroxylation is 2. The van der Waals surface area contributed by atoms with Gasteiger partial charge in [-0.2, -0.15) is 0 Å². The van der Waals surface area contributed by atoms with Crippen molar-refractivity contribution in [3.8, 4) is 0 Å². The lowest BCUT2D eigenvalue weighted by atomic mass is 9.89. The highest BCUT2D eigenvalue weighted by atomic mass is 32.2. The molecule has 0 saturated heterocycles. The maximum atomic E-state index is 12.6. The summed E-state index contributed by atoms with van der Waals surface area (Å²) in [5.74, 6) is 0. The molecule has 0 bridgehead atoms. The Morgan fingerprint density at radius 3 is 2.10 bits per heavy atom. The summed E-state index contributed by atoms with van der Waals surface area (Å²) in [5.41, 5.74) is 8.62. The molecule has 0 saturated carbocycles. The van der Waals surface area contributed by atoms with E-state index >= 15 is 0 Å². The highest BCUT2D eigenvalue weighted by molar-refractivity contribution is 7.89. The summed E-state index contributed by atoms with van der Waals surface area (Å²) in [7, 11) is -3.57. The first-order valence-corrected chi connectivity index (χ1v) is 8.25. The predicted molar refractivity (Wildman–Crippen MR) is 84.3 cm³/mol. The summed E-state index contributed by atoms with van der Waals surface area (Å²) in [4.78, 5) is 0.302. The number of benzene rings is 1. The quantitative estimate of drug-likeness (QED) is 0.843. The zero-order valence-electron chi connectivity index (χ0n) is 13.5. The molecular formula is C15H26N2O2S. The number of rotatable bonds is 3. The molecule has 0 aliphatic heterocycles. The lowest BCUT2D eigenvalue weighted by Crippen LogP contribution is -2.41. The Morgan fingerprint density at radius 2 is 1.65 bits per heavy atom. The van der Waals surface area contributed by atoms with Gasteiger partial charge >= 0.3 is 0 Å². The van der Waals surface area contributed by atoms with E-state index in [1.807, 2.05) is 40.7 Å². The zero-order valence-corrected chi connectivity index (χ0v) is 14.3. The molecule has 1 rings (SSSR count). The molecule has 1 aromatic carbocycles. The van der Waals surface area contributed by atoms with Crippen LogP contribution in [0.4, 0.5) is 5.69 Å². The molecular weight excluding hydrogens is 272 g/mol. The van der Waals surface area contributed by atoms with Crippen molar-refractivity contribution in [1.82, 2.24) is 4.72 Å². The molecule has 20 heavy (non-hydrogen) atoms. The largest absolute Gasteiger partial charge is 0.398 e. The van der Waals surface area contributed by atoms with Crippen LogP contribution < -0.4 is 10.5 Å². The molecule has 1 atom stereocenters. The van der Waals surface area contributed by atoms with E-state index in [1.54, 1.807) is 13.8 Å². The minimum atomic E-state index is -3.57. The molecule has 1 unspecified atom stereocenters. The fourth-order valence-corrected chi connectivity index (χ4v) is 4.00. The fraction of sp³-hybridized carbons (Fsp3) is 0.600. The second-order valence-electron chi connectivity index (χ2n) is 6.59. The Labute approximate surface area is 122 Å². The van der Waals surface area contributed by atoms with Gasteiger partial charge in [0.15, 0.2) is 0 Å². The predicted octanol–water partition coefficient (Wildman–Crippen LogP) is 2.91. The van der Waals surface area contributed by atoms with Gasteiger partial charge in [0.2, 0.25) is 10.0 Å². The summed E-state index contributed by atoms with van der Waals surface area (Å²) in [6, 6.07) is 1.65. The average Bonchev–Trinajstić information content (AvgIpc) is 2.23. The van der Waals surface area contributed by atoms with E-state index in [-0.39, 0.29) is 11.5 Å². The van der Waals surface area contributed by atoms with Crippen LogP contribution in [0, 0.1) is 26.2 Å². The number of anilines is 1. The molecule has 0 aliphatic rings. The topological polar surface area (TPSA) is 72.2 Å². The third-order valence-corrected chi connectivity index (χ3v) is 5.69. The van der Waals surface area contributed by atoms with Crippen LogP contribution in [-0.2, 0) is 10.0 Å². The first-order chi connectivity index (χ1) is 8.88. The minimum absolute atomic E-state index is 0.148. The van der Waals surface area contributed by atoms with E-state index in [9.17, 15) is 8.42 Å². The monoisotopic (exact) mass is 298 g/mol. The van der Waals surface area contributed by atoms with E-state index in [0.29, 0.717) is 16.1 Å². The Bertz CT molecular complexity index is 614. The van der Waals surface area contributed by atoms with Gasteiger partial charge in [-0.25, -0.2) is 13.1 Å². The number of nitrogens with two attached hydrogens (primary N) is 1. The lowest BCUT2D eigenvalue weighted by molar-refractivity contribution is 0.317. The van der Waals surface area contributed by atoms with Gasteiger partial charge in [-0.1, -0.05) is 26.8 Å². The molecule has 0 aliphatic carbocycles. The zero-order chi connectivity index (χ0) is 15.9. The maximum absolute atomic E-state index is 12.6. The van der Waals surface area contributed by atoms with E-state index in [1.165, 1.54) is 0 Å². The van der Waals surface area contributed by atoms with Crippen molar-refractivity contribution in [2.45, 2.75) is 59.4 Å². The van der Waals surface area contributed by atoms with Crippen molar-refractivity contribution in [3.63, 3.8) is 0 Å². The van der Waals surface area contributed by atoms with Crippen LogP contribution in [0.25, 0.3) is 0 Å². The minimum Gasteiger partial charge on any atom is -0.398 e. The van der Waals surface area contributed by atoms with Gasteiger partial charge in [-0.3, -0.25) is 0 Å². The average molecular weight is 298 g/mol. The molecule has 0 radical (unpaired) electrons. The van der Waals surface area contributed by atoms with Gasteiger partial charge in [0, 0.05) is 11.7 Å². The van der Waals surface area contributed by atoms with E-state index in [2.05, 4.69) is 4.72 Å². The highest BCUT2D eigenvalue weighted by Gasteiger charge is 2.28. The van der Waals surface area contributed by atoms with Crippen LogP contribution in [0.3, 0.4) is 0 Å². The smallest absolute Gasteiger partial charge is 0.241 e. The van der Waals surface area contributed by atoms with Crippen LogP contribution in [0.5, 0.6) is 0 Å². The summed E-state index contributed by atoms with van der Waals surface area (Å²) in [6.07, 6.45) is 0. The highest BCUT2D eigenvalue weighted by Crippen LogP contribution is 2.29. The van der Waals surface area contributed by atoms with Gasteiger partial charge in [0.05, 0.1) is 4.90 Å². The fourth-order valence-electron chi connectivity index (χ4n) is 2.06. The van der Waals surface area contributed by atoms with Crippen molar-refractivity contribution < 1.29 is 8.42 Å². The van der Waals surface area contributed by atoms with Crippen LogP contribution >= 0.6 is 0 Å². The van der Waals surface area contributed by atoms with Crippen LogP contribution in [0.1, 0.15) is 44.4 Å². The molecule has 0 spiro atoms.